The van der Waals surface area contributed by atoms with Crippen LogP contribution >= 0.6 is 0 Å². The van der Waals surface area contributed by atoms with Crippen LogP contribution in [0, 0.1) is 0 Å². The van der Waals surface area contributed by atoms with E-state index < -0.39 is 8.32 Å². The summed E-state index contributed by atoms with van der Waals surface area (Å²) in [5.74, 6) is 0.683. The van der Waals surface area contributed by atoms with Crippen molar-refractivity contribution < 1.29 is 9.16 Å². The van der Waals surface area contributed by atoms with E-state index in [2.05, 4.69) is 41.5 Å². The Hall–Kier alpha value is -0.443. The molecule has 0 aromatic carbocycles. The Balaban J connectivity index is 5.20. The van der Waals surface area contributed by atoms with Crippen LogP contribution in [0.4, 0.5) is 0 Å². The van der Waals surface area contributed by atoms with Crippen LogP contribution in [-0.4, -0.2) is 15.4 Å². The zero-order valence-electron chi connectivity index (χ0n) is 12.1. The maximum atomic E-state index is 6.30. The van der Waals surface area contributed by atoms with Gasteiger partial charge in [0.15, 0.2) is 0 Å². The molecule has 0 amide bonds. The van der Waals surface area contributed by atoms with Crippen LogP contribution in [-0.2, 0) is 9.16 Å². The fourth-order valence-electron chi connectivity index (χ4n) is 2.75. The molecule has 0 heterocycles. The zero-order valence-corrected chi connectivity index (χ0v) is 13.1. The lowest BCUT2D eigenvalue weighted by molar-refractivity contribution is 0.136. The number of rotatable bonds is 6. The van der Waals surface area contributed by atoms with E-state index in [1.807, 2.05) is 13.0 Å². The number of ether oxygens (including phenoxy) is 1. The Bertz CT molecular complexity index is 210. The fraction of sp³-hybridized carbons (Fsp3) is 0.846. The first-order valence-electron chi connectivity index (χ1n) is 6.22. The van der Waals surface area contributed by atoms with Gasteiger partial charge in [-0.1, -0.05) is 41.5 Å². The molecule has 0 fully saturated rings. The van der Waals surface area contributed by atoms with Gasteiger partial charge in [0.25, 0.3) is 14.3 Å². The highest BCUT2D eigenvalue weighted by Gasteiger charge is 2.47. The standard InChI is InChI=1S/C13H28O2Si/c1-9-13(14-8)15-16(10(2)3,11(4)5)12(6)7/h9-12H,1-8H3/b13-9+. The molecule has 3 heteroatoms. The van der Waals surface area contributed by atoms with Gasteiger partial charge in [-0.15, -0.1) is 0 Å². The summed E-state index contributed by atoms with van der Waals surface area (Å²) in [6.07, 6.45) is 1.91. The molecule has 0 atom stereocenters. The van der Waals surface area contributed by atoms with Crippen LogP contribution in [0.25, 0.3) is 0 Å². The summed E-state index contributed by atoms with van der Waals surface area (Å²) in [4.78, 5) is 0. The molecule has 0 aliphatic carbocycles. The molecule has 0 aliphatic heterocycles. The molecule has 0 N–H and O–H groups in total. The van der Waals surface area contributed by atoms with Gasteiger partial charge in [-0.2, -0.15) is 0 Å². The van der Waals surface area contributed by atoms with E-state index in [-0.39, 0.29) is 0 Å². The van der Waals surface area contributed by atoms with Crippen molar-refractivity contribution in [2.45, 2.75) is 65.1 Å². The Morgan fingerprint density at radius 3 is 1.50 bits per heavy atom. The highest BCUT2D eigenvalue weighted by molar-refractivity contribution is 6.77. The van der Waals surface area contributed by atoms with Crippen molar-refractivity contribution in [3.05, 3.63) is 12.0 Å². The summed E-state index contributed by atoms with van der Waals surface area (Å²) in [6.45, 7) is 15.6. The van der Waals surface area contributed by atoms with Gasteiger partial charge in [0, 0.05) is 0 Å². The van der Waals surface area contributed by atoms with Crippen LogP contribution in [0.3, 0.4) is 0 Å². The molecule has 0 radical (unpaired) electrons. The normalized spacial score (nSPS) is 13.8. The third kappa shape index (κ3) is 3.03. The maximum Gasteiger partial charge on any atom is 0.262 e. The fourth-order valence-corrected chi connectivity index (χ4v) is 8.00. The van der Waals surface area contributed by atoms with Crippen LogP contribution in [0.15, 0.2) is 12.0 Å². The number of allylic oxidation sites excluding steroid dienone is 1. The van der Waals surface area contributed by atoms with E-state index in [9.17, 15) is 0 Å². The second-order valence-corrected chi connectivity index (χ2v) is 10.6. The first-order valence-corrected chi connectivity index (χ1v) is 8.36. The molecule has 0 rings (SSSR count). The predicted molar refractivity (Wildman–Crippen MR) is 72.9 cm³/mol. The van der Waals surface area contributed by atoms with Crippen LogP contribution < -0.4 is 0 Å². The van der Waals surface area contributed by atoms with Crippen molar-refractivity contribution in [1.29, 1.82) is 0 Å². The summed E-state index contributed by atoms with van der Waals surface area (Å²) in [6, 6.07) is 0. The Morgan fingerprint density at radius 2 is 1.31 bits per heavy atom. The molecular formula is C13H28O2Si. The Labute approximate surface area is 102 Å². The molecule has 16 heavy (non-hydrogen) atoms. The zero-order chi connectivity index (χ0) is 12.9. The maximum absolute atomic E-state index is 6.30. The van der Waals surface area contributed by atoms with E-state index in [1.54, 1.807) is 7.11 Å². The van der Waals surface area contributed by atoms with E-state index in [0.29, 0.717) is 22.6 Å². The molecule has 0 spiro atoms. The van der Waals surface area contributed by atoms with E-state index in [1.165, 1.54) is 0 Å². The summed E-state index contributed by atoms with van der Waals surface area (Å²) in [5, 5.41) is 0. The molecule has 0 saturated carbocycles. The molecule has 0 aliphatic rings. The average molecular weight is 244 g/mol. The lowest BCUT2D eigenvalue weighted by Gasteiger charge is -2.42. The van der Waals surface area contributed by atoms with Gasteiger partial charge in [-0.25, -0.2) is 0 Å². The summed E-state index contributed by atoms with van der Waals surface area (Å²) in [5.41, 5.74) is 1.74. The molecule has 0 unspecified atom stereocenters. The quantitative estimate of drug-likeness (QED) is 0.498. The largest absolute Gasteiger partial charge is 0.518 e. The van der Waals surface area contributed by atoms with Gasteiger partial charge in [0.05, 0.1) is 7.11 Å². The van der Waals surface area contributed by atoms with Crippen LogP contribution in [0.2, 0.25) is 16.6 Å². The highest BCUT2D eigenvalue weighted by Crippen LogP contribution is 2.43. The van der Waals surface area contributed by atoms with Crippen molar-refractivity contribution in [2.24, 2.45) is 0 Å². The van der Waals surface area contributed by atoms with Gasteiger partial charge >= 0.3 is 0 Å². The second-order valence-electron chi connectivity index (χ2n) is 5.23. The average Bonchev–Trinajstić information content (AvgIpc) is 2.18. The van der Waals surface area contributed by atoms with Gasteiger partial charge < -0.3 is 9.16 Å². The van der Waals surface area contributed by atoms with Crippen molar-refractivity contribution in [3.8, 4) is 0 Å². The van der Waals surface area contributed by atoms with Crippen molar-refractivity contribution >= 4 is 8.32 Å². The van der Waals surface area contributed by atoms with Gasteiger partial charge in [-0.05, 0) is 29.6 Å². The minimum atomic E-state index is -1.83. The molecule has 96 valence electrons. The SMILES string of the molecule is C/C=C(\OC)O[Si](C(C)C)(C(C)C)C(C)C. The Morgan fingerprint density at radius 1 is 0.938 bits per heavy atom. The molecule has 0 saturated heterocycles. The van der Waals surface area contributed by atoms with Crippen molar-refractivity contribution in [3.63, 3.8) is 0 Å². The topological polar surface area (TPSA) is 18.5 Å². The van der Waals surface area contributed by atoms with Crippen LogP contribution in [0.1, 0.15) is 48.5 Å². The van der Waals surface area contributed by atoms with E-state index in [4.69, 9.17) is 9.16 Å². The number of hydrogen-bond acceptors (Lipinski definition) is 2. The minimum Gasteiger partial charge on any atom is -0.518 e. The molecule has 2 nitrogen and oxygen atoms in total. The smallest absolute Gasteiger partial charge is 0.262 e. The number of methoxy groups -OCH3 is 1. The van der Waals surface area contributed by atoms with E-state index >= 15 is 0 Å². The lowest BCUT2D eigenvalue weighted by Crippen LogP contribution is -2.47. The summed E-state index contributed by atoms with van der Waals surface area (Å²) in [7, 11) is -0.150. The van der Waals surface area contributed by atoms with Gasteiger partial charge in [0.2, 0.25) is 0 Å². The minimum absolute atomic E-state index is 0.581. The molecule has 0 aromatic rings. The molecular weight excluding hydrogens is 216 g/mol. The second kappa shape index (κ2) is 6.33. The lowest BCUT2D eigenvalue weighted by atomic mass is 10.5. The Kier molecular flexibility index (Phi) is 6.16. The van der Waals surface area contributed by atoms with Gasteiger partial charge in [0.1, 0.15) is 0 Å². The first kappa shape index (κ1) is 15.6. The van der Waals surface area contributed by atoms with Gasteiger partial charge in [-0.3, -0.25) is 0 Å². The van der Waals surface area contributed by atoms with E-state index in [0.717, 1.165) is 0 Å². The summed E-state index contributed by atoms with van der Waals surface area (Å²) >= 11 is 0. The predicted octanol–water partition coefficient (Wildman–Crippen LogP) is 4.69. The third-order valence-electron chi connectivity index (χ3n) is 3.42. The first-order chi connectivity index (χ1) is 7.32. The van der Waals surface area contributed by atoms with Crippen molar-refractivity contribution in [2.75, 3.05) is 7.11 Å². The number of hydrogen-bond donors (Lipinski definition) is 0. The van der Waals surface area contributed by atoms with Crippen LogP contribution in [0.5, 0.6) is 0 Å². The van der Waals surface area contributed by atoms with Crippen molar-refractivity contribution in [1.82, 2.24) is 0 Å². The third-order valence-corrected chi connectivity index (χ3v) is 9.39. The molecule has 0 bridgehead atoms. The highest BCUT2D eigenvalue weighted by atomic mass is 28.4. The molecule has 0 aromatic heterocycles. The monoisotopic (exact) mass is 244 g/mol. The summed E-state index contributed by atoms with van der Waals surface area (Å²) < 4.78 is 11.6.